The van der Waals surface area contributed by atoms with Crippen LogP contribution in [0, 0.1) is 0 Å². The van der Waals surface area contributed by atoms with Crippen LogP contribution in [0.25, 0.3) is 11.0 Å². The fraction of sp³-hybridized carbons (Fsp3) is 0.389. The number of imidazole rings is 1. The number of nitrogens with one attached hydrogen (secondary N) is 1. The molecule has 1 fully saturated rings. The number of morpholine rings is 1. The number of hydrogen-bond acceptors (Lipinski definition) is 6. The van der Waals surface area contributed by atoms with E-state index in [0.29, 0.717) is 18.8 Å². The predicted molar refractivity (Wildman–Crippen MR) is 102 cm³/mol. The van der Waals surface area contributed by atoms with E-state index in [1.165, 1.54) is 11.3 Å². The number of hydrogen-bond donors (Lipinski definition) is 1. The van der Waals surface area contributed by atoms with Crippen molar-refractivity contribution in [2.45, 2.75) is 13.0 Å². The lowest BCUT2D eigenvalue weighted by molar-refractivity contribution is 0.0940. The second-order valence-corrected chi connectivity index (χ2v) is 7.27. The van der Waals surface area contributed by atoms with Gasteiger partial charge in [-0.2, -0.15) is 0 Å². The molecule has 26 heavy (non-hydrogen) atoms. The van der Waals surface area contributed by atoms with Crippen LogP contribution in [0.2, 0.25) is 0 Å². The van der Waals surface area contributed by atoms with Gasteiger partial charge in [0.25, 0.3) is 5.91 Å². The summed E-state index contributed by atoms with van der Waals surface area (Å²) in [6, 6.07) is 5.53. The molecule has 136 valence electrons. The van der Waals surface area contributed by atoms with Gasteiger partial charge in [0.2, 0.25) is 5.95 Å². The van der Waals surface area contributed by atoms with Crippen LogP contribution in [0.1, 0.15) is 28.3 Å². The van der Waals surface area contributed by atoms with Crippen molar-refractivity contribution in [1.29, 1.82) is 0 Å². The van der Waals surface area contributed by atoms with E-state index in [0.717, 1.165) is 35.1 Å². The van der Waals surface area contributed by atoms with Gasteiger partial charge in [-0.25, -0.2) is 9.97 Å². The van der Waals surface area contributed by atoms with Crippen LogP contribution in [0.5, 0.6) is 0 Å². The van der Waals surface area contributed by atoms with Gasteiger partial charge in [-0.1, -0.05) is 0 Å². The second-order valence-electron chi connectivity index (χ2n) is 6.34. The molecule has 0 aliphatic carbocycles. The molecule has 3 heterocycles. The smallest absolute Gasteiger partial charge is 0.251 e. The zero-order valence-corrected chi connectivity index (χ0v) is 15.6. The number of anilines is 1. The average molecular weight is 371 g/mol. The van der Waals surface area contributed by atoms with Crippen molar-refractivity contribution in [2.24, 2.45) is 7.05 Å². The molecule has 0 unspecified atom stereocenters. The Morgan fingerprint density at radius 3 is 2.88 bits per heavy atom. The number of aryl methyl sites for hydroxylation is 1. The quantitative estimate of drug-likeness (QED) is 0.762. The van der Waals surface area contributed by atoms with Gasteiger partial charge in [0.05, 0.1) is 30.3 Å². The van der Waals surface area contributed by atoms with Gasteiger partial charge < -0.3 is 19.5 Å². The number of rotatable bonds is 4. The number of ether oxygens (including phenoxy) is 1. The number of thiazole rings is 1. The molecule has 0 radical (unpaired) electrons. The Morgan fingerprint density at radius 1 is 1.35 bits per heavy atom. The van der Waals surface area contributed by atoms with Crippen LogP contribution < -0.4 is 10.2 Å². The summed E-state index contributed by atoms with van der Waals surface area (Å²) in [5.41, 5.74) is 2.44. The molecule has 1 atom stereocenters. The average Bonchev–Trinajstić information content (AvgIpc) is 3.31. The topological polar surface area (TPSA) is 72.3 Å². The van der Waals surface area contributed by atoms with Gasteiger partial charge in [-0.05, 0) is 25.1 Å². The molecule has 3 aromatic rings. The fourth-order valence-corrected chi connectivity index (χ4v) is 3.81. The third-order valence-electron chi connectivity index (χ3n) is 4.58. The maximum Gasteiger partial charge on any atom is 0.251 e. The molecule has 2 aromatic heterocycles. The summed E-state index contributed by atoms with van der Waals surface area (Å²) in [7, 11) is 2.00. The third kappa shape index (κ3) is 3.17. The van der Waals surface area contributed by atoms with Crippen molar-refractivity contribution in [3.8, 4) is 0 Å². The van der Waals surface area contributed by atoms with Crippen molar-refractivity contribution < 1.29 is 9.53 Å². The standard InChI is InChI=1S/C18H21N5O2S/c1-12(17-19-5-10-26-17)20-16(24)13-3-4-15-14(11-13)21-18(22(15)2)23-6-8-25-9-7-23/h3-5,10-12H,6-9H2,1-2H3,(H,20,24)/t12-/m0/s1. The van der Waals surface area contributed by atoms with Crippen molar-refractivity contribution in [3.63, 3.8) is 0 Å². The van der Waals surface area contributed by atoms with Crippen molar-refractivity contribution >= 4 is 34.2 Å². The van der Waals surface area contributed by atoms with Crippen LogP contribution in [0.3, 0.4) is 0 Å². The van der Waals surface area contributed by atoms with E-state index in [1.807, 2.05) is 37.6 Å². The number of nitrogens with zero attached hydrogens (tertiary/aromatic N) is 4. The highest BCUT2D eigenvalue weighted by molar-refractivity contribution is 7.09. The number of fused-ring (bicyclic) bond motifs is 1. The van der Waals surface area contributed by atoms with Crippen molar-refractivity contribution in [3.05, 3.63) is 40.3 Å². The summed E-state index contributed by atoms with van der Waals surface area (Å²) in [5, 5.41) is 5.80. The van der Waals surface area contributed by atoms with E-state index in [4.69, 9.17) is 9.72 Å². The van der Waals surface area contributed by atoms with Gasteiger partial charge >= 0.3 is 0 Å². The minimum Gasteiger partial charge on any atom is -0.378 e. The molecular weight excluding hydrogens is 350 g/mol. The lowest BCUT2D eigenvalue weighted by atomic mass is 10.1. The summed E-state index contributed by atoms with van der Waals surface area (Å²) < 4.78 is 7.49. The fourth-order valence-electron chi connectivity index (χ4n) is 3.16. The molecule has 1 saturated heterocycles. The first-order valence-corrected chi connectivity index (χ1v) is 9.51. The number of benzene rings is 1. The SMILES string of the molecule is C[C@H](NC(=O)c1ccc2c(c1)nc(N1CCOCC1)n2C)c1nccs1. The van der Waals surface area contributed by atoms with E-state index in [1.54, 1.807) is 6.20 Å². The van der Waals surface area contributed by atoms with Crippen molar-refractivity contribution in [1.82, 2.24) is 19.9 Å². The van der Waals surface area contributed by atoms with Crippen LogP contribution in [-0.2, 0) is 11.8 Å². The van der Waals surface area contributed by atoms with Gasteiger partial charge in [-0.15, -0.1) is 11.3 Å². The van der Waals surface area contributed by atoms with E-state index in [-0.39, 0.29) is 11.9 Å². The lowest BCUT2D eigenvalue weighted by Gasteiger charge is -2.27. The van der Waals surface area contributed by atoms with Gasteiger partial charge in [0.15, 0.2) is 0 Å². The first-order valence-electron chi connectivity index (χ1n) is 8.63. The molecule has 4 rings (SSSR count). The molecule has 1 aliphatic rings. The third-order valence-corrected chi connectivity index (χ3v) is 5.54. The number of amides is 1. The molecule has 0 bridgehead atoms. The van der Waals surface area contributed by atoms with E-state index < -0.39 is 0 Å². The first kappa shape index (κ1) is 17.0. The number of carbonyl (C=O) groups excluding carboxylic acids is 1. The normalized spacial score (nSPS) is 16.0. The Kier molecular flexibility index (Phi) is 4.60. The Morgan fingerprint density at radius 2 is 2.15 bits per heavy atom. The van der Waals surface area contributed by atoms with Crippen LogP contribution in [0.15, 0.2) is 29.8 Å². The second kappa shape index (κ2) is 7.05. The summed E-state index contributed by atoms with van der Waals surface area (Å²) in [6.45, 7) is 5.02. The zero-order chi connectivity index (χ0) is 18.1. The molecule has 1 aliphatic heterocycles. The summed E-state index contributed by atoms with van der Waals surface area (Å²) in [6.07, 6.45) is 1.75. The highest BCUT2D eigenvalue weighted by Gasteiger charge is 2.19. The Balaban J connectivity index is 1.58. The molecule has 0 saturated carbocycles. The first-order chi connectivity index (χ1) is 12.6. The summed E-state index contributed by atoms with van der Waals surface area (Å²) in [5.74, 6) is 0.796. The van der Waals surface area contributed by atoms with E-state index in [9.17, 15) is 4.79 Å². The molecule has 1 N–H and O–H groups in total. The zero-order valence-electron chi connectivity index (χ0n) is 14.8. The predicted octanol–water partition coefficient (Wildman–Crippen LogP) is 2.36. The Hall–Kier alpha value is -2.45. The molecule has 0 spiro atoms. The highest BCUT2D eigenvalue weighted by Crippen LogP contribution is 2.23. The van der Waals surface area contributed by atoms with Crippen LogP contribution in [0.4, 0.5) is 5.95 Å². The molecule has 8 heteroatoms. The van der Waals surface area contributed by atoms with Gasteiger partial charge in [0.1, 0.15) is 5.01 Å². The largest absolute Gasteiger partial charge is 0.378 e. The van der Waals surface area contributed by atoms with Crippen molar-refractivity contribution in [2.75, 3.05) is 31.2 Å². The maximum atomic E-state index is 12.6. The molecule has 1 aromatic carbocycles. The monoisotopic (exact) mass is 371 g/mol. The number of carbonyl (C=O) groups is 1. The summed E-state index contributed by atoms with van der Waals surface area (Å²) in [4.78, 5) is 23.8. The van der Waals surface area contributed by atoms with Gasteiger partial charge in [-0.3, -0.25) is 4.79 Å². The summed E-state index contributed by atoms with van der Waals surface area (Å²) >= 11 is 1.53. The van der Waals surface area contributed by atoms with Gasteiger partial charge in [0, 0.05) is 37.3 Å². The van der Waals surface area contributed by atoms with E-state index in [2.05, 4.69) is 19.8 Å². The lowest BCUT2D eigenvalue weighted by Crippen LogP contribution is -2.37. The molecular formula is C18H21N5O2S. The highest BCUT2D eigenvalue weighted by atomic mass is 32.1. The Bertz CT molecular complexity index is 915. The minimum atomic E-state index is -0.120. The number of aromatic nitrogens is 3. The molecule has 1 amide bonds. The van der Waals surface area contributed by atoms with Crippen LogP contribution >= 0.6 is 11.3 Å². The van der Waals surface area contributed by atoms with Crippen LogP contribution in [-0.4, -0.2) is 46.7 Å². The Labute approximate surface area is 155 Å². The minimum absolute atomic E-state index is 0.117. The van der Waals surface area contributed by atoms with E-state index >= 15 is 0 Å². The maximum absolute atomic E-state index is 12.6. The molecule has 7 nitrogen and oxygen atoms in total.